The standard InChI is InChI=1S/C15H21N5O/c1-2-9-20(12-13-3-6-16-7-4-13)15(21)17-8-5-14-10-18-19-11-14/h3-4,6-7,10-11H,2,5,8-9,12H2,1H3,(H,17,21)(H,18,19). The number of hydrogen-bond acceptors (Lipinski definition) is 3. The van der Waals surface area contributed by atoms with Crippen molar-refractivity contribution in [2.24, 2.45) is 0 Å². The monoisotopic (exact) mass is 287 g/mol. The number of carbonyl (C=O) groups excluding carboxylic acids is 1. The van der Waals surface area contributed by atoms with Crippen LogP contribution in [0.4, 0.5) is 4.79 Å². The third-order valence-electron chi connectivity index (χ3n) is 3.15. The summed E-state index contributed by atoms with van der Waals surface area (Å²) in [5, 5.41) is 9.61. The lowest BCUT2D eigenvalue weighted by Gasteiger charge is -2.22. The average Bonchev–Trinajstić information content (AvgIpc) is 3.01. The molecule has 0 radical (unpaired) electrons. The molecule has 0 fully saturated rings. The number of urea groups is 1. The Morgan fingerprint density at radius 1 is 1.33 bits per heavy atom. The van der Waals surface area contributed by atoms with Crippen molar-refractivity contribution in [1.29, 1.82) is 0 Å². The highest BCUT2D eigenvalue weighted by Gasteiger charge is 2.12. The fourth-order valence-corrected chi connectivity index (χ4v) is 2.07. The first kappa shape index (κ1) is 15.0. The van der Waals surface area contributed by atoms with Crippen molar-refractivity contribution in [2.45, 2.75) is 26.3 Å². The molecule has 21 heavy (non-hydrogen) atoms. The lowest BCUT2D eigenvalue weighted by Crippen LogP contribution is -2.40. The van der Waals surface area contributed by atoms with Crippen LogP contribution < -0.4 is 5.32 Å². The molecule has 0 aliphatic carbocycles. The van der Waals surface area contributed by atoms with E-state index in [1.807, 2.05) is 23.2 Å². The summed E-state index contributed by atoms with van der Waals surface area (Å²) in [4.78, 5) is 18.1. The summed E-state index contributed by atoms with van der Waals surface area (Å²) in [7, 11) is 0. The maximum Gasteiger partial charge on any atom is 0.317 e. The van der Waals surface area contributed by atoms with Gasteiger partial charge in [0.15, 0.2) is 0 Å². The Hall–Kier alpha value is -2.37. The maximum atomic E-state index is 12.2. The summed E-state index contributed by atoms with van der Waals surface area (Å²) in [6, 6.07) is 3.83. The number of amides is 2. The van der Waals surface area contributed by atoms with Gasteiger partial charge < -0.3 is 10.2 Å². The molecule has 0 saturated carbocycles. The molecule has 2 N–H and O–H groups in total. The van der Waals surface area contributed by atoms with E-state index in [2.05, 4.69) is 27.4 Å². The molecule has 2 amide bonds. The van der Waals surface area contributed by atoms with Crippen LogP contribution in [0.25, 0.3) is 0 Å². The summed E-state index contributed by atoms with van der Waals surface area (Å²) in [5.74, 6) is 0. The molecule has 0 bridgehead atoms. The van der Waals surface area contributed by atoms with Gasteiger partial charge in [-0.05, 0) is 36.1 Å². The molecule has 0 atom stereocenters. The van der Waals surface area contributed by atoms with E-state index in [4.69, 9.17) is 0 Å². The number of nitrogens with zero attached hydrogens (tertiary/aromatic N) is 3. The summed E-state index contributed by atoms with van der Waals surface area (Å²) in [5.41, 5.74) is 2.18. The number of H-pyrrole nitrogens is 1. The second-order valence-electron chi connectivity index (χ2n) is 4.87. The molecule has 2 heterocycles. The first-order chi connectivity index (χ1) is 10.3. The first-order valence-electron chi connectivity index (χ1n) is 7.19. The minimum atomic E-state index is -0.0304. The van der Waals surface area contributed by atoms with Gasteiger partial charge in [-0.25, -0.2) is 4.79 Å². The smallest absolute Gasteiger partial charge is 0.317 e. The zero-order valence-electron chi connectivity index (χ0n) is 12.2. The average molecular weight is 287 g/mol. The minimum absolute atomic E-state index is 0.0304. The van der Waals surface area contributed by atoms with Gasteiger partial charge in [0.1, 0.15) is 0 Å². The zero-order chi connectivity index (χ0) is 14.9. The fraction of sp³-hybridized carbons (Fsp3) is 0.400. The van der Waals surface area contributed by atoms with E-state index in [1.54, 1.807) is 18.6 Å². The molecule has 0 aliphatic rings. The van der Waals surface area contributed by atoms with Crippen LogP contribution in [-0.4, -0.2) is 39.2 Å². The van der Waals surface area contributed by atoms with Crippen LogP contribution in [0.5, 0.6) is 0 Å². The van der Waals surface area contributed by atoms with Gasteiger partial charge in [0.05, 0.1) is 6.20 Å². The molecular formula is C15H21N5O. The van der Waals surface area contributed by atoms with Crippen molar-refractivity contribution < 1.29 is 4.79 Å². The van der Waals surface area contributed by atoms with Gasteiger partial charge in [-0.15, -0.1) is 0 Å². The SMILES string of the molecule is CCCN(Cc1ccncc1)C(=O)NCCc1cn[nH]c1. The van der Waals surface area contributed by atoms with Crippen LogP contribution in [0, 0.1) is 0 Å². The third kappa shape index (κ3) is 4.91. The van der Waals surface area contributed by atoms with E-state index < -0.39 is 0 Å². The van der Waals surface area contributed by atoms with Crippen molar-refractivity contribution in [3.63, 3.8) is 0 Å². The second-order valence-corrected chi connectivity index (χ2v) is 4.87. The van der Waals surface area contributed by atoms with Crippen LogP contribution in [0.15, 0.2) is 36.9 Å². The van der Waals surface area contributed by atoms with E-state index in [0.29, 0.717) is 13.1 Å². The van der Waals surface area contributed by atoms with E-state index in [1.165, 1.54) is 0 Å². The molecule has 0 saturated heterocycles. The molecule has 6 heteroatoms. The van der Waals surface area contributed by atoms with Crippen LogP contribution in [0.2, 0.25) is 0 Å². The van der Waals surface area contributed by atoms with Crippen molar-refractivity contribution in [1.82, 2.24) is 25.4 Å². The normalized spacial score (nSPS) is 10.3. The fourth-order valence-electron chi connectivity index (χ4n) is 2.07. The van der Waals surface area contributed by atoms with Crippen LogP contribution >= 0.6 is 0 Å². The van der Waals surface area contributed by atoms with Gasteiger partial charge in [0, 0.05) is 38.2 Å². The summed E-state index contributed by atoms with van der Waals surface area (Å²) in [6.45, 7) is 4.01. The quantitative estimate of drug-likeness (QED) is 0.817. The lowest BCUT2D eigenvalue weighted by molar-refractivity contribution is 0.195. The molecule has 2 aromatic rings. The number of nitrogens with one attached hydrogen (secondary N) is 2. The Morgan fingerprint density at radius 3 is 2.81 bits per heavy atom. The van der Waals surface area contributed by atoms with E-state index in [0.717, 1.165) is 30.5 Å². The Kier molecular flexibility index (Phi) is 5.75. The molecule has 0 aliphatic heterocycles. The van der Waals surface area contributed by atoms with Crippen molar-refractivity contribution >= 4 is 6.03 Å². The predicted molar refractivity (Wildman–Crippen MR) is 80.6 cm³/mol. The Morgan fingerprint density at radius 2 is 2.14 bits per heavy atom. The Labute approximate surface area is 124 Å². The van der Waals surface area contributed by atoms with E-state index >= 15 is 0 Å². The maximum absolute atomic E-state index is 12.2. The third-order valence-corrected chi connectivity index (χ3v) is 3.15. The van der Waals surface area contributed by atoms with Crippen molar-refractivity contribution in [3.8, 4) is 0 Å². The van der Waals surface area contributed by atoms with Gasteiger partial charge in [0.25, 0.3) is 0 Å². The van der Waals surface area contributed by atoms with Gasteiger partial charge in [-0.3, -0.25) is 10.1 Å². The number of rotatable bonds is 7. The molecule has 0 spiro atoms. The zero-order valence-corrected chi connectivity index (χ0v) is 12.2. The van der Waals surface area contributed by atoms with Crippen LogP contribution in [0.1, 0.15) is 24.5 Å². The Bertz CT molecular complexity index is 526. The topological polar surface area (TPSA) is 73.9 Å². The lowest BCUT2D eigenvalue weighted by atomic mass is 10.2. The van der Waals surface area contributed by atoms with Gasteiger partial charge >= 0.3 is 6.03 Å². The largest absolute Gasteiger partial charge is 0.338 e. The van der Waals surface area contributed by atoms with Gasteiger partial charge in [-0.2, -0.15) is 5.10 Å². The minimum Gasteiger partial charge on any atom is -0.338 e. The second kappa shape index (κ2) is 8.04. The molecular weight excluding hydrogens is 266 g/mol. The van der Waals surface area contributed by atoms with Gasteiger partial charge in [-0.1, -0.05) is 6.92 Å². The number of aromatic nitrogens is 3. The molecule has 0 aromatic carbocycles. The number of carbonyl (C=O) groups is 1. The summed E-state index contributed by atoms with van der Waals surface area (Å²) < 4.78 is 0. The molecule has 2 aromatic heterocycles. The highest BCUT2D eigenvalue weighted by atomic mass is 16.2. The number of hydrogen-bond donors (Lipinski definition) is 2. The van der Waals surface area contributed by atoms with Crippen molar-refractivity contribution in [2.75, 3.05) is 13.1 Å². The molecule has 2 rings (SSSR count). The van der Waals surface area contributed by atoms with Crippen LogP contribution in [-0.2, 0) is 13.0 Å². The highest BCUT2D eigenvalue weighted by molar-refractivity contribution is 5.74. The summed E-state index contributed by atoms with van der Waals surface area (Å²) in [6.07, 6.45) is 8.81. The first-order valence-corrected chi connectivity index (χ1v) is 7.19. The van der Waals surface area contributed by atoms with Crippen LogP contribution in [0.3, 0.4) is 0 Å². The van der Waals surface area contributed by atoms with Crippen molar-refractivity contribution in [3.05, 3.63) is 48.0 Å². The Balaban J connectivity index is 1.83. The van der Waals surface area contributed by atoms with E-state index in [9.17, 15) is 4.79 Å². The molecule has 112 valence electrons. The molecule has 0 unspecified atom stereocenters. The predicted octanol–water partition coefficient (Wildman–Crippen LogP) is 1.97. The van der Waals surface area contributed by atoms with E-state index in [-0.39, 0.29) is 6.03 Å². The molecule has 6 nitrogen and oxygen atoms in total. The number of aromatic amines is 1. The van der Waals surface area contributed by atoms with Gasteiger partial charge in [0.2, 0.25) is 0 Å². The number of pyridine rings is 1. The highest BCUT2D eigenvalue weighted by Crippen LogP contribution is 2.04. The summed E-state index contributed by atoms with van der Waals surface area (Å²) >= 11 is 0.